The highest BCUT2D eigenvalue weighted by molar-refractivity contribution is 5.34. The van der Waals surface area contributed by atoms with Crippen LogP contribution < -0.4 is 10.1 Å². The standard InChI is InChI=1S/C12H19N3O/c1-3-16-12-8-13-7-11(15-12)14-9(2)10-5-4-6-10/h7-10H,3-6H2,1-2H3,(H,14,15). The fraction of sp³-hybridized carbons (Fsp3) is 0.667. The van der Waals surface area contributed by atoms with E-state index in [1.54, 1.807) is 12.4 Å². The predicted octanol–water partition coefficient (Wildman–Crippen LogP) is 2.48. The number of nitrogens with one attached hydrogen (secondary N) is 1. The average Bonchev–Trinajstić information content (AvgIpc) is 2.15. The molecule has 0 aliphatic heterocycles. The van der Waals surface area contributed by atoms with Crippen molar-refractivity contribution >= 4 is 5.82 Å². The molecule has 1 fully saturated rings. The van der Waals surface area contributed by atoms with Crippen LogP contribution in [0.15, 0.2) is 12.4 Å². The summed E-state index contributed by atoms with van der Waals surface area (Å²) in [5, 5.41) is 3.39. The summed E-state index contributed by atoms with van der Waals surface area (Å²) >= 11 is 0. The van der Waals surface area contributed by atoms with Crippen molar-refractivity contribution in [3.8, 4) is 5.88 Å². The molecule has 0 bridgehead atoms. The van der Waals surface area contributed by atoms with Gasteiger partial charge in [0.05, 0.1) is 19.0 Å². The summed E-state index contributed by atoms with van der Waals surface area (Å²) in [6.07, 6.45) is 7.40. The largest absolute Gasteiger partial charge is 0.477 e. The molecule has 0 saturated heterocycles. The Hall–Kier alpha value is -1.32. The molecule has 1 atom stereocenters. The van der Waals surface area contributed by atoms with E-state index in [9.17, 15) is 0 Å². The molecule has 1 aliphatic rings. The van der Waals surface area contributed by atoms with E-state index in [0.717, 1.165) is 11.7 Å². The van der Waals surface area contributed by atoms with Gasteiger partial charge in [0.2, 0.25) is 5.88 Å². The first-order valence-corrected chi connectivity index (χ1v) is 6.01. The number of hydrogen-bond acceptors (Lipinski definition) is 4. The van der Waals surface area contributed by atoms with E-state index in [1.165, 1.54) is 19.3 Å². The number of anilines is 1. The van der Waals surface area contributed by atoms with E-state index in [-0.39, 0.29) is 0 Å². The van der Waals surface area contributed by atoms with Crippen LogP contribution in [0.4, 0.5) is 5.82 Å². The second-order valence-corrected chi connectivity index (χ2v) is 4.30. The fourth-order valence-corrected chi connectivity index (χ4v) is 1.93. The van der Waals surface area contributed by atoms with Crippen LogP contribution in [0.2, 0.25) is 0 Å². The molecule has 0 spiro atoms. The average molecular weight is 221 g/mol. The number of nitrogens with zero attached hydrogens (tertiary/aromatic N) is 2. The van der Waals surface area contributed by atoms with Gasteiger partial charge in [-0.05, 0) is 32.6 Å². The molecular weight excluding hydrogens is 202 g/mol. The van der Waals surface area contributed by atoms with Crippen LogP contribution in [0.3, 0.4) is 0 Å². The van der Waals surface area contributed by atoms with Gasteiger partial charge in [0, 0.05) is 6.04 Å². The lowest BCUT2D eigenvalue weighted by atomic mass is 9.80. The van der Waals surface area contributed by atoms with Crippen LogP contribution in [-0.4, -0.2) is 22.6 Å². The van der Waals surface area contributed by atoms with Crippen LogP contribution in [0.1, 0.15) is 33.1 Å². The van der Waals surface area contributed by atoms with Crippen molar-refractivity contribution in [2.45, 2.75) is 39.2 Å². The van der Waals surface area contributed by atoms with Gasteiger partial charge in [-0.2, -0.15) is 4.98 Å². The highest BCUT2D eigenvalue weighted by atomic mass is 16.5. The van der Waals surface area contributed by atoms with Crippen LogP contribution in [-0.2, 0) is 0 Å². The summed E-state index contributed by atoms with van der Waals surface area (Å²) in [4.78, 5) is 8.46. The Kier molecular flexibility index (Phi) is 3.59. The fourth-order valence-electron chi connectivity index (χ4n) is 1.93. The lowest BCUT2D eigenvalue weighted by Gasteiger charge is -2.32. The lowest BCUT2D eigenvalue weighted by Crippen LogP contribution is -2.31. The lowest BCUT2D eigenvalue weighted by molar-refractivity contribution is 0.284. The maximum absolute atomic E-state index is 5.32. The first-order valence-electron chi connectivity index (χ1n) is 6.01. The van der Waals surface area contributed by atoms with Gasteiger partial charge in [-0.25, -0.2) is 0 Å². The highest BCUT2D eigenvalue weighted by Gasteiger charge is 2.23. The van der Waals surface area contributed by atoms with Crippen LogP contribution >= 0.6 is 0 Å². The van der Waals surface area contributed by atoms with Crippen molar-refractivity contribution in [2.24, 2.45) is 5.92 Å². The number of aromatic nitrogens is 2. The summed E-state index contributed by atoms with van der Waals surface area (Å²) in [5.74, 6) is 2.19. The quantitative estimate of drug-likeness (QED) is 0.829. The van der Waals surface area contributed by atoms with Gasteiger partial charge in [0.25, 0.3) is 0 Å². The molecule has 1 aromatic heterocycles. The third-order valence-electron chi connectivity index (χ3n) is 3.14. The second-order valence-electron chi connectivity index (χ2n) is 4.30. The monoisotopic (exact) mass is 221 g/mol. The maximum atomic E-state index is 5.32. The first-order chi connectivity index (χ1) is 7.79. The van der Waals surface area contributed by atoms with Crippen LogP contribution in [0.5, 0.6) is 5.88 Å². The van der Waals surface area contributed by atoms with Crippen LogP contribution in [0.25, 0.3) is 0 Å². The molecule has 1 aromatic rings. The van der Waals surface area contributed by atoms with Gasteiger partial charge in [0.1, 0.15) is 5.82 Å². The van der Waals surface area contributed by atoms with E-state index in [2.05, 4.69) is 22.2 Å². The summed E-state index contributed by atoms with van der Waals surface area (Å²) in [6, 6.07) is 0.472. The Balaban J connectivity index is 1.94. The van der Waals surface area contributed by atoms with E-state index in [4.69, 9.17) is 4.74 Å². The molecule has 0 aromatic carbocycles. The minimum atomic E-state index is 0.472. The SMILES string of the molecule is CCOc1cncc(NC(C)C2CCC2)n1. The van der Waals surface area contributed by atoms with Crippen molar-refractivity contribution in [3.63, 3.8) is 0 Å². The third kappa shape index (κ3) is 2.62. The Morgan fingerprint density at radius 3 is 2.94 bits per heavy atom. The van der Waals surface area contributed by atoms with Crippen molar-refractivity contribution in [3.05, 3.63) is 12.4 Å². The van der Waals surface area contributed by atoms with E-state index >= 15 is 0 Å². The predicted molar refractivity (Wildman–Crippen MR) is 63.6 cm³/mol. The Labute approximate surface area is 96.4 Å². The van der Waals surface area contributed by atoms with Crippen molar-refractivity contribution in [1.29, 1.82) is 0 Å². The molecule has 88 valence electrons. The molecule has 16 heavy (non-hydrogen) atoms. The van der Waals surface area contributed by atoms with Gasteiger partial charge in [-0.1, -0.05) is 6.42 Å². The van der Waals surface area contributed by atoms with Crippen molar-refractivity contribution in [2.75, 3.05) is 11.9 Å². The molecule has 1 heterocycles. The van der Waals surface area contributed by atoms with Crippen molar-refractivity contribution in [1.82, 2.24) is 9.97 Å². The molecule has 2 rings (SSSR count). The minimum Gasteiger partial charge on any atom is -0.477 e. The van der Waals surface area contributed by atoms with Crippen LogP contribution in [0, 0.1) is 5.92 Å². The van der Waals surface area contributed by atoms with E-state index in [1.807, 2.05) is 6.92 Å². The summed E-state index contributed by atoms with van der Waals surface area (Å²) in [6.45, 7) is 4.77. The summed E-state index contributed by atoms with van der Waals surface area (Å²) in [7, 11) is 0. The van der Waals surface area contributed by atoms with Gasteiger partial charge in [-0.15, -0.1) is 0 Å². The number of hydrogen-bond donors (Lipinski definition) is 1. The van der Waals surface area contributed by atoms with Crippen molar-refractivity contribution < 1.29 is 4.74 Å². The molecule has 4 nitrogen and oxygen atoms in total. The molecular formula is C12H19N3O. The molecule has 1 aliphatic carbocycles. The molecule has 1 N–H and O–H groups in total. The second kappa shape index (κ2) is 5.14. The molecule has 1 unspecified atom stereocenters. The van der Waals surface area contributed by atoms with Gasteiger partial charge >= 0.3 is 0 Å². The smallest absolute Gasteiger partial charge is 0.234 e. The van der Waals surface area contributed by atoms with Gasteiger partial charge in [0.15, 0.2) is 0 Å². The Bertz CT molecular complexity index is 339. The first kappa shape index (κ1) is 11.2. The zero-order valence-corrected chi connectivity index (χ0v) is 9.94. The zero-order valence-electron chi connectivity index (χ0n) is 9.94. The normalized spacial score (nSPS) is 17.6. The molecule has 4 heteroatoms. The number of rotatable bonds is 5. The minimum absolute atomic E-state index is 0.472. The number of ether oxygens (including phenoxy) is 1. The summed E-state index contributed by atoms with van der Waals surface area (Å²) < 4.78 is 5.32. The Morgan fingerprint density at radius 2 is 2.31 bits per heavy atom. The Morgan fingerprint density at radius 1 is 1.50 bits per heavy atom. The molecule has 0 amide bonds. The third-order valence-corrected chi connectivity index (χ3v) is 3.14. The highest BCUT2D eigenvalue weighted by Crippen LogP contribution is 2.30. The zero-order chi connectivity index (χ0) is 11.4. The van der Waals surface area contributed by atoms with E-state index in [0.29, 0.717) is 18.5 Å². The molecule has 1 saturated carbocycles. The van der Waals surface area contributed by atoms with E-state index < -0.39 is 0 Å². The van der Waals surface area contributed by atoms with Gasteiger partial charge in [-0.3, -0.25) is 4.98 Å². The topological polar surface area (TPSA) is 47.0 Å². The van der Waals surface area contributed by atoms with Gasteiger partial charge < -0.3 is 10.1 Å². The maximum Gasteiger partial charge on any atom is 0.234 e. The molecule has 0 radical (unpaired) electrons. The summed E-state index contributed by atoms with van der Waals surface area (Å²) in [5.41, 5.74) is 0.